The van der Waals surface area contributed by atoms with Gasteiger partial charge in [-0.15, -0.1) is 0 Å². The van der Waals surface area contributed by atoms with Crippen LogP contribution in [0.5, 0.6) is 11.5 Å². The summed E-state index contributed by atoms with van der Waals surface area (Å²) in [6.45, 7) is 2.67. The van der Waals surface area contributed by atoms with E-state index in [1.54, 1.807) is 30.0 Å². The van der Waals surface area contributed by atoms with Crippen molar-refractivity contribution in [2.45, 2.75) is 44.1 Å². The molecule has 0 unspecified atom stereocenters. The van der Waals surface area contributed by atoms with Crippen LogP contribution in [0.3, 0.4) is 0 Å². The van der Waals surface area contributed by atoms with Gasteiger partial charge in [0.1, 0.15) is 17.1 Å². The number of piperidine rings is 1. The average molecular weight is 440 g/mol. The summed E-state index contributed by atoms with van der Waals surface area (Å²) in [5.74, 6) is 0.326. The van der Waals surface area contributed by atoms with Gasteiger partial charge in [-0.1, -0.05) is 23.7 Å². The van der Waals surface area contributed by atoms with Crippen molar-refractivity contribution in [1.29, 1.82) is 0 Å². The highest BCUT2D eigenvalue weighted by Crippen LogP contribution is 2.50. The van der Waals surface area contributed by atoms with Crippen molar-refractivity contribution < 1.29 is 23.9 Å². The SMILES string of the molecule is CC(=O)N1CCC2(CC1)CC(=O)c1ccc3c(c1O2)[C@@H](c1cccc(Cl)c1)CC(=O)O3. The first-order chi connectivity index (χ1) is 14.8. The third-order valence-corrected chi connectivity index (χ3v) is 6.81. The number of fused-ring (bicyclic) bond motifs is 3. The van der Waals surface area contributed by atoms with Crippen LogP contribution in [0.4, 0.5) is 0 Å². The molecule has 3 aliphatic rings. The van der Waals surface area contributed by atoms with Gasteiger partial charge in [-0.2, -0.15) is 0 Å². The smallest absolute Gasteiger partial charge is 0.312 e. The Balaban J connectivity index is 1.59. The van der Waals surface area contributed by atoms with Gasteiger partial charge in [-0.3, -0.25) is 14.4 Å². The van der Waals surface area contributed by atoms with Gasteiger partial charge in [0.2, 0.25) is 5.91 Å². The third-order valence-electron chi connectivity index (χ3n) is 6.57. The van der Waals surface area contributed by atoms with E-state index in [1.807, 2.05) is 18.2 Å². The number of ether oxygens (including phenoxy) is 2. The van der Waals surface area contributed by atoms with Gasteiger partial charge in [-0.25, -0.2) is 0 Å². The Morgan fingerprint density at radius 3 is 2.65 bits per heavy atom. The number of rotatable bonds is 1. The van der Waals surface area contributed by atoms with E-state index in [9.17, 15) is 14.4 Å². The number of carbonyl (C=O) groups is 3. The lowest BCUT2D eigenvalue weighted by Crippen LogP contribution is -2.52. The number of halogens is 1. The molecule has 0 radical (unpaired) electrons. The van der Waals surface area contributed by atoms with Crippen molar-refractivity contribution in [3.63, 3.8) is 0 Å². The van der Waals surface area contributed by atoms with Crippen LogP contribution in [-0.2, 0) is 9.59 Å². The van der Waals surface area contributed by atoms with Gasteiger partial charge in [-0.05, 0) is 29.8 Å². The molecule has 0 aliphatic carbocycles. The number of likely N-dealkylation sites (tertiary alicyclic amines) is 1. The first-order valence-corrected chi connectivity index (χ1v) is 10.8. The van der Waals surface area contributed by atoms with Gasteiger partial charge < -0.3 is 14.4 Å². The fourth-order valence-electron chi connectivity index (χ4n) is 4.92. The lowest BCUT2D eigenvalue weighted by Gasteiger charge is -2.45. The molecule has 2 aromatic rings. The van der Waals surface area contributed by atoms with E-state index in [4.69, 9.17) is 21.1 Å². The van der Waals surface area contributed by atoms with Crippen LogP contribution in [-0.4, -0.2) is 41.3 Å². The van der Waals surface area contributed by atoms with Crippen LogP contribution in [0.25, 0.3) is 0 Å². The second-order valence-electron chi connectivity index (χ2n) is 8.53. The van der Waals surface area contributed by atoms with Crippen LogP contribution in [0.15, 0.2) is 36.4 Å². The fraction of sp³-hybridized carbons (Fsp3) is 0.375. The predicted octanol–water partition coefficient (Wildman–Crippen LogP) is 4.13. The maximum Gasteiger partial charge on any atom is 0.312 e. The quantitative estimate of drug-likeness (QED) is 0.493. The molecule has 31 heavy (non-hydrogen) atoms. The highest BCUT2D eigenvalue weighted by molar-refractivity contribution is 6.30. The van der Waals surface area contributed by atoms with Crippen LogP contribution < -0.4 is 9.47 Å². The van der Waals surface area contributed by atoms with E-state index < -0.39 is 5.60 Å². The summed E-state index contributed by atoms with van der Waals surface area (Å²) in [6.07, 6.45) is 1.60. The van der Waals surface area contributed by atoms with Crippen LogP contribution in [0, 0.1) is 0 Å². The van der Waals surface area contributed by atoms with E-state index in [-0.39, 0.29) is 36.4 Å². The maximum atomic E-state index is 13.1. The first kappa shape index (κ1) is 20.1. The van der Waals surface area contributed by atoms with Crippen molar-refractivity contribution in [1.82, 2.24) is 4.90 Å². The number of hydrogen-bond donors (Lipinski definition) is 0. The number of benzene rings is 2. The summed E-state index contributed by atoms with van der Waals surface area (Å²) >= 11 is 6.22. The number of nitrogens with zero attached hydrogens (tertiary/aromatic N) is 1. The van der Waals surface area contributed by atoms with Crippen molar-refractivity contribution in [3.05, 3.63) is 58.1 Å². The standard InChI is InChI=1S/C24H22ClNO5/c1-14(27)26-9-7-24(8-10-26)13-19(28)17-5-6-20-22(23(17)31-24)18(12-21(29)30-20)15-3-2-4-16(25)11-15/h2-6,11,18H,7-10,12-13H2,1H3/t18-/m1/s1. The minimum absolute atomic E-state index is 0.0158. The molecule has 0 bridgehead atoms. The lowest BCUT2D eigenvalue weighted by atomic mass is 9.79. The molecule has 5 rings (SSSR count). The fourth-order valence-corrected chi connectivity index (χ4v) is 5.12. The van der Waals surface area contributed by atoms with Gasteiger partial charge in [0, 0.05) is 49.4 Å². The maximum absolute atomic E-state index is 13.1. The summed E-state index contributed by atoms with van der Waals surface area (Å²) in [5, 5.41) is 0.577. The molecule has 1 fully saturated rings. The van der Waals surface area contributed by atoms with Gasteiger partial charge in [0.15, 0.2) is 5.78 Å². The van der Waals surface area contributed by atoms with E-state index in [1.165, 1.54) is 0 Å². The van der Waals surface area contributed by atoms with Crippen molar-refractivity contribution >= 4 is 29.3 Å². The average Bonchev–Trinajstić information content (AvgIpc) is 2.73. The number of Topliss-reactive ketones (excluding diaryl/α,β-unsaturated/α-hetero) is 1. The monoisotopic (exact) mass is 439 g/mol. The molecular weight excluding hydrogens is 418 g/mol. The molecule has 7 heteroatoms. The molecule has 1 atom stereocenters. The van der Waals surface area contributed by atoms with E-state index in [0.717, 1.165) is 11.1 Å². The summed E-state index contributed by atoms with van der Waals surface area (Å²) < 4.78 is 12.1. The molecule has 0 saturated carbocycles. The van der Waals surface area contributed by atoms with Crippen LogP contribution in [0.2, 0.25) is 5.02 Å². The summed E-state index contributed by atoms with van der Waals surface area (Å²) in [7, 11) is 0. The zero-order valence-corrected chi connectivity index (χ0v) is 17.9. The summed E-state index contributed by atoms with van der Waals surface area (Å²) in [5.41, 5.74) is 1.47. The first-order valence-electron chi connectivity index (χ1n) is 10.5. The zero-order valence-electron chi connectivity index (χ0n) is 17.2. The molecule has 1 spiro atoms. The number of amides is 1. The lowest BCUT2D eigenvalue weighted by molar-refractivity contribution is -0.135. The molecule has 0 N–H and O–H groups in total. The Labute approximate surface area is 185 Å². The molecule has 6 nitrogen and oxygen atoms in total. The van der Waals surface area contributed by atoms with Crippen LogP contribution in [0.1, 0.15) is 60.0 Å². The van der Waals surface area contributed by atoms with Gasteiger partial charge in [0.25, 0.3) is 0 Å². The third kappa shape index (κ3) is 3.49. The van der Waals surface area contributed by atoms with Gasteiger partial charge >= 0.3 is 5.97 Å². The molecular formula is C24H22ClNO5. The highest BCUT2D eigenvalue weighted by Gasteiger charge is 2.46. The van der Waals surface area contributed by atoms with Gasteiger partial charge in [0.05, 0.1) is 18.4 Å². The minimum Gasteiger partial charge on any atom is -0.485 e. The Kier molecular flexibility index (Phi) is 4.77. The number of ketones is 1. The normalized spacial score (nSPS) is 21.7. The molecule has 0 aromatic heterocycles. The summed E-state index contributed by atoms with van der Waals surface area (Å²) in [6, 6.07) is 10.7. The summed E-state index contributed by atoms with van der Waals surface area (Å²) in [4.78, 5) is 39.0. The Bertz CT molecular complexity index is 1100. The predicted molar refractivity (Wildman–Crippen MR) is 114 cm³/mol. The second kappa shape index (κ2) is 7.38. The Hall–Kier alpha value is -2.86. The Morgan fingerprint density at radius 2 is 1.94 bits per heavy atom. The number of hydrogen-bond acceptors (Lipinski definition) is 5. The zero-order chi connectivity index (χ0) is 21.8. The molecule has 3 aliphatic heterocycles. The van der Waals surface area contributed by atoms with E-state index >= 15 is 0 Å². The van der Waals surface area contributed by atoms with Crippen molar-refractivity contribution in [2.75, 3.05) is 13.1 Å². The minimum atomic E-state index is -0.647. The number of carbonyl (C=O) groups excluding carboxylic acids is 3. The molecule has 2 aromatic carbocycles. The van der Waals surface area contributed by atoms with E-state index in [0.29, 0.717) is 48.0 Å². The molecule has 3 heterocycles. The van der Waals surface area contributed by atoms with Crippen LogP contribution >= 0.6 is 11.6 Å². The largest absolute Gasteiger partial charge is 0.485 e. The topological polar surface area (TPSA) is 72.9 Å². The van der Waals surface area contributed by atoms with Crippen molar-refractivity contribution in [3.8, 4) is 11.5 Å². The molecule has 160 valence electrons. The Morgan fingerprint density at radius 1 is 1.16 bits per heavy atom. The highest BCUT2D eigenvalue weighted by atomic mass is 35.5. The molecule has 1 saturated heterocycles. The molecule has 1 amide bonds. The second-order valence-corrected chi connectivity index (χ2v) is 8.97. The van der Waals surface area contributed by atoms with E-state index in [2.05, 4.69) is 0 Å². The van der Waals surface area contributed by atoms with Crippen molar-refractivity contribution in [2.24, 2.45) is 0 Å². The number of esters is 1.